The first kappa shape index (κ1) is 83.2. The number of hydrazine groups is 1. The van der Waals surface area contributed by atoms with Gasteiger partial charge in [0.1, 0.15) is 29.1 Å². The van der Waals surface area contributed by atoms with Crippen molar-refractivity contribution in [2.75, 3.05) is 61.2 Å². The number of aromatic nitrogens is 6. The van der Waals surface area contributed by atoms with Crippen LogP contribution in [-0.2, 0) is 74.6 Å². The molecule has 1 saturated carbocycles. The standard InChI is InChI=1S/C24H29ClFN5O2S.C24H28ClFN4O2S.C17H19ClFN3O3S.C11H19NO3/c1-24(2,3)15-8-10-16(11-9-15)34(32,33)29-20-14-19(26)18(25)13-17(20)22-27-28-23(31(22)5)21-7-6-12-30(21)4;1-24(2,3)16-9-11-17(12-10-16)33(31,32)29-21-14-20(26)19(25)13-18(21)23-28-27-22(30(23)4)15-7-5-6-8-15;1-17(2,3)10-4-6-11(7-5-10)26(24,25)22-15-9-14(19)13(18)8-12(15)16(23)21-20;1-10-6-13-11(14-7-10,15-8-10)9-4-3-5-12(9)2/h8-11,13-14,21,29H,6-7,12H2,1-5H3;9-15,29H,5-8H2,1-4H3;4-9,22H,20H2,1-3H3,(H,21,23);9H,3-8H2,1-2H3/t21-;;;9-,10?,11?/m1..1/s1. The summed E-state index contributed by atoms with van der Waals surface area (Å²) in [7, 11) is -4.21. The van der Waals surface area contributed by atoms with Gasteiger partial charge in [0.25, 0.3) is 42.0 Å². The Hall–Kier alpha value is -7.26. The van der Waals surface area contributed by atoms with E-state index < -0.39 is 59.4 Å². The molecule has 7 heterocycles. The SMILES string of the molecule is CC(C)(C)c1ccc(S(=O)(=O)Nc2cc(F)c(Cl)cc2C(=O)NN)cc1.CN1CCC[C@@H]1C12OCC(C)(CO1)CO2.CN1CCC[C@@H]1c1nnc(-c2cc(Cl)c(F)cc2NS(=O)(=O)c2ccc(C(C)(C)C)cc2)n1C.Cn1c(-c2cc(Cl)c(F)cc2NS(=O)(=O)c2ccc(C(C)(C)C)cc2)nnc1C1CCCC1. The molecule has 6 aliphatic rings. The minimum Gasteiger partial charge on any atom is -0.325 e. The summed E-state index contributed by atoms with van der Waals surface area (Å²) in [5.74, 6) is 3.93. The maximum absolute atomic E-state index is 14.4. The highest BCUT2D eigenvalue weighted by Gasteiger charge is 2.56. The van der Waals surface area contributed by atoms with E-state index in [1.807, 2.05) is 56.5 Å². The van der Waals surface area contributed by atoms with Gasteiger partial charge in [-0.2, -0.15) is 0 Å². The largest absolute Gasteiger partial charge is 0.325 e. The zero-order valence-corrected chi connectivity index (χ0v) is 67.8. The van der Waals surface area contributed by atoms with Crippen LogP contribution in [0.25, 0.3) is 22.8 Å². The van der Waals surface area contributed by atoms with E-state index in [-0.39, 0.29) is 86.1 Å². The van der Waals surface area contributed by atoms with Crippen molar-refractivity contribution >= 4 is 87.8 Å². The number of nitrogen functional groups attached to an aromatic ring is 1. The molecule has 2 atom stereocenters. The Kier molecular flexibility index (Phi) is 25.1. The van der Waals surface area contributed by atoms with Crippen molar-refractivity contribution in [2.24, 2.45) is 25.4 Å². The first-order valence-electron chi connectivity index (χ1n) is 35.4. The van der Waals surface area contributed by atoms with E-state index in [4.69, 9.17) is 54.9 Å². The number of carbonyl (C=O) groups excluding carboxylic acids is 1. The summed E-state index contributed by atoms with van der Waals surface area (Å²) in [4.78, 5) is 16.4. The van der Waals surface area contributed by atoms with Gasteiger partial charge in [0.15, 0.2) is 11.6 Å². The second kappa shape index (κ2) is 32.6. The van der Waals surface area contributed by atoms with Gasteiger partial charge in [-0.1, -0.05) is 153 Å². The van der Waals surface area contributed by atoms with Crippen molar-refractivity contribution in [2.45, 2.75) is 176 Å². The van der Waals surface area contributed by atoms with Gasteiger partial charge in [-0.05, 0) is 153 Å². The van der Waals surface area contributed by atoms with Crippen LogP contribution in [0.4, 0.5) is 30.2 Å². The van der Waals surface area contributed by atoms with Crippen molar-refractivity contribution in [3.63, 3.8) is 0 Å². The number of likely N-dealkylation sites (tertiary alicyclic amines) is 2. The van der Waals surface area contributed by atoms with Crippen molar-refractivity contribution in [1.29, 1.82) is 0 Å². The number of amides is 1. The number of hydrogen-bond acceptors (Lipinski definition) is 17. The molecule has 584 valence electrons. The van der Waals surface area contributed by atoms with Gasteiger partial charge in [0.05, 0.1) is 84.3 Å². The second-order valence-corrected chi connectivity index (χ2v) is 37.7. The molecule has 14 rings (SSSR count). The molecule has 1 aliphatic carbocycles. The number of halogens is 6. The van der Waals surface area contributed by atoms with Crippen molar-refractivity contribution in [3.8, 4) is 22.8 Å². The lowest BCUT2D eigenvalue weighted by molar-refractivity contribution is -0.479. The highest BCUT2D eigenvalue weighted by Crippen LogP contribution is 2.45. The Labute approximate surface area is 646 Å². The molecular formula is C76H95Cl3F3N13O10S3. The molecule has 0 unspecified atom stereocenters. The molecule has 108 heavy (non-hydrogen) atoms. The number of rotatable bonds is 15. The minimum absolute atomic E-state index is 0.0278. The molecule has 2 bridgehead atoms. The number of sulfonamides is 3. The Balaban J connectivity index is 0.000000159. The van der Waals surface area contributed by atoms with Crippen molar-refractivity contribution in [1.82, 2.24) is 44.8 Å². The maximum atomic E-state index is 14.4. The number of likely N-dealkylation sites (N-methyl/N-ethyl adjacent to an activating group) is 1. The number of benzene rings is 6. The van der Waals surface area contributed by atoms with Crippen LogP contribution in [0.2, 0.25) is 15.1 Å². The molecule has 5 aliphatic heterocycles. The number of nitrogens with one attached hydrogen (secondary N) is 4. The van der Waals surface area contributed by atoms with Crippen LogP contribution in [-0.4, -0.2) is 130 Å². The molecule has 0 radical (unpaired) electrons. The highest BCUT2D eigenvalue weighted by atomic mass is 35.5. The third kappa shape index (κ3) is 18.8. The molecule has 5 saturated heterocycles. The van der Waals surface area contributed by atoms with Gasteiger partial charge >= 0.3 is 0 Å². The fourth-order valence-corrected chi connectivity index (χ4v) is 17.2. The Bertz CT molecular complexity index is 4930. The van der Waals surface area contributed by atoms with Gasteiger partial charge in [-0.15, -0.1) is 20.4 Å². The lowest BCUT2D eigenvalue weighted by Gasteiger charge is -2.53. The summed E-state index contributed by atoms with van der Waals surface area (Å²) in [6.45, 7) is 24.8. The van der Waals surface area contributed by atoms with Crippen LogP contribution in [0.5, 0.6) is 0 Å². The Morgan fingerprint density at radius 2 is 0.861 bits per heavy atom. The number of ether oxygens (including phenoxy) is 3. The van der Waals surface area contributed by atoms with E-state index in [1.54, 1.807) is 60.7 Å². The molecule has 0 spiro atoms. The van der Waals surface area contributed by atoms with Crippen LogP contribution >= 0.6 is 34.8 Å². The van der Waals surface area contributed by atoms with Gasteiger partial charge < -0.3 is 23.3 Å². The molecule has 2 aromatic heterocycles. The van der Waals surface area contributed by atoms with Crippen LogP contribution in [0.15, 0.2) is 124 Å². The lowest BCUT2D eigenvalue weighted by Crippen LogP contribution is -2.65. The fourth-order valence-electron chi connectivity index (χ4n) is 13.5. The molecular weight excluding hydrogens is 1510 g/mol. The second-order valence-electron chi connectivity index (χ2n) is 31.5. The molecule has 8 aromatic rings. The molecule has 6 N–H and O–H groups in total. The normalized spacial score (nSPS) is 20.1. The third-order valence-corrected chi connectivity index (χ3v) is 25.0. The van der Waals surface area contributed by atoms with Crippen LogP contribution in [0, 0.1) is 22.9 Å². The van der Waals surface area contributed by atoms with Crippen molar-refractivity contribution < 1.29 is 57.4 Å². The van der Waals surface area contributed by atoms with Gasteiger partial charge in [-0.3, -0.25) is 34.2 Å². The molecule has 1 amide bonds. The average Bonchev–Trinajstić information content (AvgIpc) is 1.21. The third-order valence-electron chi connectivity index (χ3n) is 20.0. The first-order valence-corrected chi connectivity index (χ1v) is 41.0. The summed E-state index contributed by atoms with van der Waals surface area (Å²) in [6.07, 6.45) is 8.70. The molecule has 6 fully saturated rings. The number of fused-ring (bicyclic) bond motifs is 3. The molecule has 6 aromatic carbocycles. The Morgan fingerprint density at radius 3 is 1.23 bits per heavy atom. The van der Waals surface area contributed by atoms with E-state index in [2.05, 4.69) is 99.9 Å². The van der Waals surface area contributed by atoms with Gasteiger partial charge in [0, 0.05) is 54.8 Å². The van der Waals surface area contributed by atoms with E-state index >= 15 is 0 Å². The quantitative estimate of drug-likeness (QED) is 0.0362. The summed E-state index contributed by atoms with van der Waals surface area (Å²) >= 11 is 17.8. The summed E-state index contributed by atoms with van der Waals surface area (Å²) in [5, 5.41) is 16.7. The fraction of sp³-hybridized carbons (Fsp3) is 0.461. The summed E-state index contributed by atoms with van der Waals surface area (Å²) < 4.78 is 149. The van der Waals surface area contributed by atoms with Crippen LogP contribution in [0.3, 0.4) is 0 Å². The minimum atomic E-state index is -4.05. The van der Waals surface area contributed by atoms with E-state index in [9.17, 15) is 43.2 Å². The van der Waals surface area contributed by atoms with Gasteiger partial charge in [-0.25, -0.2) is 44.3 Å². The van der Waals surface area contributed by atoms with Crippen LogP contribution in [0.1, 0.15) is 171 Å². The monoisotopic (exact) mass is 1610 g/mol. The maximum Gasteiger partial charge on any atom is 0.299 e. The van der Waals surface area contributed by atoms with E-state index in [0.717, 1.165) is 130 Å². The zero-order valence-electron chi connectivity index (χ0n) is 63.0. The number of anilines is 3. The van der Waals surface area contributed by atoms with Crippen molar-refractivity contribution in [3.05, 3.63) is 176 Å². The smallest absolute Gasteiger partial charge is 0.299 e. The number of nitrogens with two attached hydrogens (primary N) is 1. The molecule has 32 heteroatoms. The Morgan fingerprint density at radius 1 is 0.500 bits per heavy atom. The van der Waals surface area contributed by atoms with E-state index in [0.29, 0.717) is 28.7 Å². The summed E-state index contributed by atoms with van der Waals surface area (Å²) in [6, 6.07) is 26.8. The predicted molar refractivity (Wildman–Crippen MR) is 414 cm³/mol. The van der Waals surface area contributed by atoms with Gasteiger partial charge in [0.2, 0.25) is 0 Å². The van der Waals surface area contributed by atoms with Crippen LogP contribution < -0.4 is 25.4 Å². The number of nitrogens with zero attached hydrogens (tertiary/aromatic N) is 8. The van der Waals surface area contributed by atoms with E-state index in [1.165, 1.54) is 30.7 Å². The predicted octanol–water partition coefficient (Wildman–Crippen LogP) is 15.2. The number of carbonyl (C=O) groups is 1. The molecule has 23 nitrogen and oxygen atoms in total. The number of hydrogen-bond donors (Lipinski definition) is 5. The summed E-state index contributed by atoms with van der Waals surface area (Å²) in [5.41, 5.74) is 4.91. The zero-order chi connectivity index (χ0) is 79.0. The topological polar surface area (TPSA) is 289 Å². The lowest BCUT2D eigenvalue weighted by atomic mass is 9.87. The average molecular weight is 1610 g/mol. The first-order chi connectivity index (χ1) is 50.4. The highest BCUT2D eigenvalue weighted by molar-refractivity contribution is 7.93.